The number of halogens is 3. The number of aryl methyl sites for hydroxylation is 2. The molecule has 1 amide bonds. The maximum Gasteiger partial charge on any atom is 0.417 e. The number of fused-ring (bicyclic) bond motifs is 1. The number of benzene rings is 2. The number of alkyl halides is 3. The Morgan fingerprint density at radius 2 is 1.97 bits per heavy atom. The van der Waals surface area contributed by atoms with Crippen molar-refractivity contribution in [3.05, 3.63) is 64.2 Å². The van der Waals surface area contributed by atoms with Crippen LogP contribution in [-0.2, 0) is 10.9 Å². The van der Waals surface area contributed by atoms with Crippen molar-refractivity contribution in [1.29, 1.82) is 5.26 Å². The van der Waals surface area contributed by atoms with Crippen molar-refractivity contribution in [2.24, 2.45) is 11.3 Å². The quantitative estimate of drug-likeness (QED) is 0.642. The summed E-state index contributed by atoms with van der Waals surface area (Å²) in [6, 6.07) is 11.3. The molecule has 0 bridgehead atoms. The van der Waals surface area contributed by atoms with Gasteiger partial charge in [-0.15, -0.1) is 0 Å². The molecule has 0 unspecified atom stereocenters. The van der Waals surface area contributed by atoms with E-state index in [1.807, 2.05) is 41.8 Å². The predicted molar refractivity (Wildman–Crippen MR) is 123 cm³/mol. The maximum absolute atomic E-state index is 13.5. The largest absolute Gasteiger partial charge is 0.417 e. The Balaban J connectivity index is 1.60. The van der Waals surface area contributed by atoms with E-state index in [1.54, 1.807) is 19.2 Å². The fourth-order valence-electron chi connectivity index (χ4n) is 5.39. The number of ether oxygens (including phenoxy) is 1. The van der Waals surface area contributed by atoms with Crippen molar-refractivity contribution in [2.45, 2.75) is 26.4 Å². The van der Waals surface area contributed by atoms with Crippen LogP contribution in [0.5, 0.6) is 0 Å². The molecule has 0 aliphatic carbocycles. The average molecular weight is 472 g/mol. The van der Waals surface area contributed by atoms with Gasteiger partial charge in [0.1, 0.15) is 0 Å². The van der Waals surface area contributed by atoms with E-state index in [2.05, 4.69) is 0 Å². The minimum absolute atomic E-state index is 0.0182. The molecule has 180 valence electrons. The first-order valence-electron chi connectivity index (χ1n) is 11.3. The summed E-state index contributed by atoms with van der Waals surface area (Å²) in [5, 5.41) is 9.10. The van der Waals surface area contributed by atoms with Crippen molar-refractivity contribution < 1.29 is 22.7 Å². The molecule has 0 N–H and O–H groups in total. The van der Waals surface area contributed by atoms with Crippen LogP contribution in [0.4, 0.5) is 18.9 Å². The van der Waals surface area contributed by atoms with Crippen LogP contribution in [-0.4, -0.2) is 50.7 Å². The van der Waals surface area contributed by atoms with Crippen LogP contribution >= 0.6 is 0 Å². The van der Waals surface area contributed by atoms with Crippen LogP contribution in [0.25, 0.3) is 0 Å². The Labute approximate surface area is 197 Å². The second-order valence-electron chi connectivity index (χ2n) is 9.53. The summed E-state index contributed by atoms with van der Waals surface area (Å²) in [5.74, 6) is 0.0376. The number of amides is 1. The van der Waals surface area contributed by atoms with E-state index in [0.717, 1.165) is 17.2 Å². The number of carbonyl (C=O) groups excluding carboxylic acids is 1. The normalized spacial score (nSPS) is 22.4. The molecule has 5 nitrogen and oxygen atoms in total. The molecule has 2 aliphatic rings. The van der Waals surface area contributed by atoms with Crippen LogP contribution < -0.4 is 4.90 Å². The Morgan fingerprint density at radius 1 is 1.21 bits per heavy atom. The third-order valence-electron chi connectivity index (χ3n) is 7.27. The van der Waals surface area contributed by atoms with Gasteiger partial charge in [-0.2, -0.15) is 18.4 Å². The number of hydrogen-bond donors (Lipinski definition) is 0. The number of likely N-dealkylation sites (tertiary alicyclic amines) is 1. The summed E-state index contributed by atoms with van der Waals surface area (Å²) in [6.07, 6.45) is -3.90. The summed E-state index contributed by atoms with van der Waals surface area (Å²) in [6.45, 7) is 6.52. The van der Waals surface area contributed by atoms with E-state index in [4.69, 9.17) is 10.00 Å². The summed E-state index contributed by atoms with van der Waals surface area (Å²) >= 11 is 0. The number of nitriles is 1. The molecule has 2 aromatic carbocycles. The van der Waals surface area contributed by atoms with Gasteiger partial charge in [-0.3, -0.25) is 4.79 Å². The van der Waals surface area contributed by atoms with Crippen LogP contribution in [0.3, 0.4) is 0 Å². The third kappa shape index (κ3) is 4.37. The number of anilines is 1. The molecule has 2 aliphatic heterocycles. The van der Waals surface area contributed by atoms with Gasteiger partial charge < -0.3 is 14.5 Å². The van der Waals surface area contributed by atoms with Gasteiger partial charge in [0.05, 0.1) is 23.8 Å². The lowest BCUT2D eigenvalue weighted by Gasteiger charge is -2.44. The van der Waals surface area contributed by atoms with Gasteiger partial charge in [0, 0.05) is 55.9 Å². The Hall–Kier alpha value is -3.05. The molecule has 2 atom stereocenters. The first-order valence-corrected chi connectivity index (χ1v) is 11.3. The highest BCUT2D eigenvalue weighted by Crippen LogP contribution is 2.45. The van der Waals surface area contributed by atoms with Crippen LogP contribution in [0.1, 0.15) is 39.0 Å². The molecule has 34 heavy (non-hydrogen) atoms. The number of methoxy groups -OCH3 is 1. The number of piperidine rings is 1. The SMILES string of the molecule is COC[C@@]12CCN(c3ccc(C#N)c(C(F)(F)F)c3)C[C@@H]1CN(C(=O)c1cc(C)ccc1C)C2. The van der Waals surface area contributed by atoms with E-state index in [-0.39, 0.29) is 22.8 Å². The van der Waals surface area contributed by atoms with Gasteiger partial charge in [-0.05, 0) is 50.1 Å². The fraction of sp³-hybridized carbons (Fsp3) is 0.462. The second-order valence-corrected chi connectivity index (χ2v) is 9.53. The molecule has 0 saturated carbocycles. The third-order valence-corrected chi connectivity index (χ3v) is 7.27. The van der Waals surface area contributed by atoms with Crippen LogP contribution in [0.2, 0.25) is 0 Å². The van der Waals surface area contributed by atoms with Gasteiger partial charge in [0.2, 0.25) is 0 Å². The topological polar surface area (TPSA) is 56.6 Å². The summed E-state index contributed by atoms with van der Waals surface area (Å²) in [5.41, 5.74) is 1.53. The van der Waals surface area contributed by atoms with Gasteiger partial charge >= 0.3 is 6.18 Å². The molecule has 2 heterocycles. The smallest absolute Gasteiger partial charge is 0.384 e. The lowest BCUT2D eigenvalue weighted by molar-refractivity contribution is -0.137. The van der Waals surface area contributed by atoms with E-state index in [1.165, 1.54) is 6.07 Å². The van der Waals surface area contributed by atoms with Crippen molar-refractivity contribution >= 4 is 11.6 Å². The van der Waals surface area contributed by atoms with Crippen LogP contribution in [0.15, 0.2) is 36.4 Å². The molecule has 8 heteroatoms. The van der Waals surface area contributed by atoms with Gasteiger partial charge in [0.25, 0.3) is 5.91 Å². The van der Waals surface area contributed by atoms with Gasteiger partial charge in [0.15, 0.2) is 0 Å². The monoisotopic (exact) mass is 471 g/mol. The van der Waals surface area contributed by atoms with Crippen LogP contribution in [0, 0.1) is 36.5 Å². The predicted octanol–water partition coefficient (Wildman–Crippen LogP) is 4.81. The minimum atomic E-state index is -4.60. The van der Waals surface area contributed by atoms with E-state index >= 15 is 0 Å². The van der Waals surface area contributed by atoms with E-state index < -0.39 is 11.7 Å². The zero-order chi connectivity index (χ0) is 24.7. The standard InChI is InChI=1S/C26H28F3N3O2/c1-17-4-5-18(2)22(10-17)24(33)32-14-20-13-31(9-8-25(20,15-32)16-34-3)21-7-6-19(12-30)23(11-21)26(27,28)29/h4-7,10-11,20H,8-9,13-16H2,1-3H3/t20-,25+/m1/s1. The van der Waals surface area contributed by atoms with Crippen molar-refractivity contribution in [2.75, 3.05) is 44.8 Å². The summed E-state index contributed by atoms with van der Waals surface area (Å²) in [4.78, 5) is 17.2. The number of hydrogen-bond acceptors (Lipinski definition) is 4. The molecule has 2 fully saturated rings. The molecular formula is C26H28F3N3O2. The molecule has 2 aromatic rings. The summed E-state index contributed by atoms with van der Waals surface area (Å²) in [7, 11) is 1.64. The van der Waals surface area contributed by atoms with Crippen molar-refractivity contribution in [3.63, 3.8) is 0 Å². The Bertz CT molecular complexity index is 1140. The fourth-order valence-corrected chi connectivity index (χ4v) is 5.39. The zero-order valence-corrected chi connectivity index (χ0v) is 19.6. The Kier molecular flexibility index (Phi) is 6.34. The lowest BCUT2D eigenvalue weighted by atomic mass is 9.73. The number of carbonyl (C=O) groups is 1. The lowest BCUT2D eigenvalue weighted by Crippen LogP contribution is -2.49. The minimum Gasteiger partial charge on any atom is -0.384 e. The Morgan fingerprint density at radius 3 is 2.65 bits per heavy atom. The average Bonchev–Trinajstić information content (AvgIpc) is 3.18. The zero-order valence-electron chi connectivity index (χ0n) is 19.6. The molecule has 0 aromatic heterocycles. The molecule has 0 radical (unpaired) electrons. The number of rotatable bonds is 4. The second kappa shape index (κ2) is 8.95. The molecular weight excluding hydrogens is 443 g/mol. The highest BCUT2D eigenvalue weighted by atomic mass is 19.4. The molecule has 0 spiro atoms. The van der Waals surface area contributed by atoms with Crippen molar-refractivity contribution in [1.82, 2.24) is 4.90 Å². The van der Waals surface area contributed by atoms with E-state index in [9.17, 15) is 18.0 Å². The molecule has 4 rings (SSSR count). The highest BCUT2D eigenvalue weighted by Gasteiger charge is 2.51. The van der Waals surface area contributed by atoms with E-state index in [0.29, 0.717) is 50.5 Å². The maximum atomic E-state index is 13.5. The molecule has 2 saturated heterocycles. The van der Waals surface area contributed by atoms with Gasteiger partial charge in [-0.25, -0.2) is 0 Å². The first-order chi connectivity index (χ1) is 16.1. The van der Waals surface area contributed by atoms with Crippen molar-refractivity contribution in [3.8, 4) is 6.07 Å². The first kappa shape index (κ1) is 24.1. The summed E-state index contributed by atoms with van der Waals surface area (Å²) < 4.78 is 46.0. The highest BCUT2D eigenvalue weighted by molar-refractivity contribution is 5.96. The number of nitrogens with zero attached hydrogens (tertiary/aromatic N) is 3. The van der Waals surface area contributed by atoms with Gasteiger partial charge in [-0.1, -0.05) is 17.7 Å².